The van der Waals surface area contributed by atoms with Gasteiger partial charge in [-0.25, -0.2) is 0 Å². The molecule has 3 aromatic rings. The van der Waals surface area contributed by atoms with Gasteiger partial charge in [0, 0.05) is 24.4 Å². The zero-order valence-corrected chi connectivity index (χ0v) is 13.6. The van der Waals surface area contributed by atoms with Gasteiger partial charge in [-0.15, -0.1) is 5.10 Å². The number of thiazole rings is 1. The van der Waals surface area contributed by atoms with Crippen LogP contribution in [0.2, 0.25) is 0 Å². The third kappa shape index (κ3) is 2.88. The summed E-state index contributed by atoms with van der Waals surface area (Å²) in [4.78, 5) is 4.76. The van der Waals surface area contributed by atoms with Gasteiger partial charge in [-0.1, -0.05) is 23.5 Å². The second-order valence-electron chi connectivity index (χ2n) is 5.05. The van der Waals surface area contributed by atoms with Crippen LogP contribution < -0.4 is 4.80 Å². The zero-order chi connectivity index (χ0) is 16.4. The van der Waals surface area contributed by atoms with Crippen LogP contribution >= 0.6 is 11.3 Å². The van der Waals surface area contributed by atoms with E-state index in [2.05, 4.69) is 15.2 Å². The fraction of sp³-hybridized carbons (Fsp3) is 0.188. The number of hydrogen-bond acceptors (Lipinski definition) is 6. The maximum absolute atomic E-state index is 10.1. The minimum atomic E-state index is -0.223. The first-order valence-corrected chi connectivity index (χ1v) is 7.83. The first-order valence-electron chi connectivity index (χ1n) is 7.01. The first-order chi connectivity index (χ1) is 11.1. The van der Waals surface area contributed by atoms with Crippen LogP contribution in [0.25, 0.3) is 10.2 Å². The Hall–Kier alpha value is -2.51. The summed E-state index contributed by atoms with van der Waals surface area (Å²) in [7, 11) is 1.93. The summed E-state index contributed by atoms with van der Waals surface area (Å²) in [5.41, 5.74) is 2.52. The Bertz CT molecular complexity index is 956. The van der Waals surface area contributed by atoms with Gasteiger partial charge in [0.15, 0.2) is 0 Å². The number of aromatic hydroxyl groups is 1. The molecule has 118 valence electrons. The third-order valence-electron chi connectivity index (χ3n) is 3.57. The van der Waals surface area contributed by atoms with E-state index < -0.39 is 0 Å². The Morgan fingerprint density at radius 1 is 1.35 bits per heavy atom. The van der Waals surface area contributed by atoms with E-state index in [0.717, 1.165) is 15.0 Å². The Balaban J connectivity index is 2.03. The van der Waals surface area contributed by atoms with E-state index in [0.29, 0.717) is 16.8 Å². The van der Waals surface area contributed by atoms with Gasteiger partial charge in [0.05, 0.1) is 28.7 Å². The molecule has 1 aromatic carbocycles. The smallest absolute Gasteiger partial charge is 0.211 e. The van der Waals surface area contributed by atoms with Gasteiger partial charge < -0.3 is 14.8 Å². The lowest BCUT2D eigenvalue weighted by atomic mass is 10.1. The molecule has 0 aliphatic rings. The fourth-order valence-corrected chi connectivity index (χ4v) is 3.21. The Morgan fingerprint density at radius 2 is 2.13 bits per heavy atom. The van der Waals surface area contributed by atoms with E-state index in [-0.39, 0.29) is 12.4 Å². The van der Waals surface area contributed by atoms with Crippen molar-refractivity contribution in [3.05, 3.63) is 52.1 Å². The number of aliphatic hydroxyl groups excluding tert-OH is 1. The Morgan fingerprint density at radius 3 is 2.87 bits per heavy atom. The van der Waals surface area contributed by atoms with E-state index >= 15 is 0 Å². The zero-order valence-electron chi connectivity index (χ0n) is 12.8. The molecule has 0 saturated heterocycles. The molecule has 23 heavy (non-hydrogen) atoms. The van der Waals surface area contributed by atoms with Crippen molar-refractivity contribution >= 4 is 27.8 Å². The molecule has 0 radical (unpaired) electrons. The van der Waals surface area contributed by atoms with Gasteiger partial charge in [0.25, 0.3) is 0 Å². The molecule has 2 N–H and O–H groups in total. The molecule has 0 unspecified atom stereocenters. The molecule has 0 saturated carbocycles. The Labute approximate surface area is 136 Å². The van der Waals surface area contributed by atoms with E-state index in [9.17, 15) is 10.2 Å². The second-order valence-corrected chi connectivity index (χ2v) is 6.05. The number of fused-ring (bicyclic) bond motifs is 1. The van der Waals surface area contributed by atoms with Gasteiger partial charge in [-0.05, 0) is 19.1 Å². The average Bonchev–Trinajstić information content (AvgIpc) is 2.88. The molecular weight excluding hydrogens is 312 g/mol. The SMILES string of the molecule is Cc1ncc(CO)c(/C=N\N=c2\sc3ccccc3n2C)c1O. The molecule has 0 fully saturated rings. The average molecular weight is 328 g/mol. The summed E-state index contributed by atoms with van der Waals surface area (Å²) >= 11 is 1.53. The highest BCUT2D eigenvalue weighted by Gasteiger charge is 2.09. The summed E-state index contributed by atoms with van der Waals surface area (Å²) in [6.45, 7) is 1.47. The fourth-order valence-electron chi connectivity index (χ4n) is 2.24. The standard InChI is InChI=1S/C16H16N4O2S/c1-10-15(22)12(11(9-21)7-17-10)8-18-19-16-20(2)13-5-3-4-6-14(13)23-16/h3-8,21-22H,9H2,1-2H3/b18-8-,19-16+. The minimum absolute atomic E-state index is 0.0104. The van der Waals surface area contributed by atoms with E-state index in [1.54, 1.807) is 6.92 Å². The van der Waals surface area contributed by atoms with Crippen molar-refractivity contribution in [3.63, 3.8) is 0 Å². The van der Waals surface area contributed by atoms with Crippen LogP contribution in [0.15, 0.2) is 40.7 Å². The lowest BCUT2D eigenvalue weighted by Gasteiger charge is -2.06. The molecule has 3 rings (SSSR count). The van der Waals surface area contributed by atoms with Crippen LogP contribution in [-0.2, 0) is 13.7 Å². The number of aryl methyl sites for hydroxylation is 2. The van der Waals surface area contributed by atoms with Gasteiger partial charge in [0.1, 0.15) is 5.75 Å². The molecule has 0 aliphatic carbocycles. The van der Waals surface area contributed by atoms with Crippen LogP contribution in [0.1, 0.15) is 16.8 Å². The summed E-state index contributed by atoms with van der Waals surface area (Å²) < 4.78 is 3.09. The van der Waals surface area contributed by atoms with Crippen molar-refractivity contribution in [2.24, 2.45) is 17.3 Å². The van der Waals surface area contributed by atoms with Crippen molar-refractivity contribution in [1.82, 2.24) is 9.55 Å². The summed E-state index contributed by atoms with van der Waals surface area (Å²) in [6, 6.07) is 8.02. The van der Waals surface area contributed by atoms with Gasteiger partial charge in [-0.3, -0.25) is 4.98 Å². The van der Waals surface area contributed by atoms with Crippen molar-refractivity contribution in [3.8, 4) is 5.75 Å². The van der Waals surface area contributed by atoms with Gasteiger partial charge in [-0.2, -0.15) is 5.10 Å². The van der Waals surface area contributed by atoms with Crippen LogP contribution in [0.4, 0.5) is 0 Å². The van der Waals surface area contributed by atoms with Crippen LogP contribution in [0.5, 0.6) is 5.75 Å². The monoisotopic (exact) mass is 328 g/mol. The highest BCUT2D eigenvalue weighted by molar-refractivity contribution is 7.16. The number of nitrogens with zero attached hydrogens (tertiary/aromatic N) is 4. The lowest BCUT2D eigenvalue weighted by Crippen LogP contribution is -2.09. The van der Waals surface area contributed by atoms with Crippen molar-refractivity contribution in [1.29, 1.82) is 0 Å². The molecule has 2 aromatic heterocycles. The Kier molecular flexibility index (Phi) is 4.22. The molecule has 2 heterocycles. The number of pyridine rings is 1. The van der Waals surface area contributed by atoms with Crippen LogP contribution in [0.3, 0.4) is 0 Å². The van der Waals surface area contributed by atoms with Crippen LogP contribution in [-0.4, -0.2) is 26.0 Å². The van der Waals surface area contributed by atoms with Crippen molar-refractivity contribution in [2.75, 3.05) is 0 Å². The summed E-state index contributed by atoms with van der Waals surface area (Å²) in [5, 5.41) is 27.7. The molecule has 0 spiro atoms. The largest absolute Gasteiger partial charge is 0.505 e. The maximum Gasteiger partial charge on any atom is 0.211 e. The normalized spacial score (nSPS) is 12.6. The van der Waals surface area contributed by atoms with Crippen molar-refractivity contribution in [2.45, 2.75) is 13.5 Å². The minimum Gasteiger partial charge on any atom is -0.505 e. The number of hydrogen-bond donors (Lipinski definition) is 2. The maximum atomic E-state index is 10.1. The number of benzene rings is 1. The highest BCUT2D eigenvalue weighted by atomic mass is 32.1. The topological polar surface area (TPSA) is 83.0 Å². The third-order valence-corrected chi connectivity index (χ3v) is 4.68. The molecule has 7 heteroatoms. The van der Waals surface area contributed by atoms with E-state index in [1.807, 2.05) is 35.9 Å². The van der Waals surface area contributed by atoms with Gasteiger partial charge >= 0.3 is 0 Å². The molecule has 0 amide bonds. The second kappa shape index (κ2) is 6.31. The number of aliphatic hydroxyl groups is 1. The number of rotatable bonds is 3. The predicted octanol–water partition coefficient (Wildman–Crippen LogP) is 2.08. The molecule has 0 atom stereocenters. The number of aromatic nitrogens is 2. The lowest BCUT2D eigenvalue weighted by molar-refractivity contribution is 0.280. The quantitative estimate of drug-likeness (QED) is 0.570. The van der Waals surface area contributed by atoms with Crippen LogP contribution in [0, 0.1) is 6.92 Å². The van der Waals surface area contributed by atoms with E-state index in [4.69, 9.17) is 0 Å². The number of para-hydroxylation sites is 1. The summed E-state index contributed by atoms with van der Waals surface area (Å²) in [6.07, 6.45) is 2.97. The van der Waals surface area contributed by atoms with Gasteiger partial charge in [0.2, 0.25) is 4.80 Å². The first kappa shape index (κ1) is 15.4. The highest BCUT2D eigenvalue weighted by Crippen LogP contribution is 2.22. The molecule has 0 bridgehead atoms. The van der Waals surface area contributed by atoms with Crippen molar-refractivity contribution < 1.29 is 10.2 Å². The predicted molar refractivity (Wildman–Crippen MR) is 90.5 cm³/mol. The van der Waals surface area contributed by atoms with E-state index in [1.165, 1.54) is 23.7 Å². The molecule has 0 aliphatic heterocycles. The molecular formula is C16H16N4O2S. The summed E-state index contributed by atoms with van der Waals surface area (Å²) in [5.74, 6) is 0.0104. The molecule has 6 nitrogen and oxygen atoms in total.